The summed E-state index contributed by atoms with van der Waals surface area (Å²) in [7, 11) is 3.13. The van der Waals surface area contributed by atoms with E-state index in [1.165, 1.54) is 11.8 Å². The van der Waals surface area contributed by atoms with Gasteiger partial charge in [0.05, 0.1) is 19.1 Å². The Morgan fingerprint density at radius 1 is 1.15 bits per heavy atom. The smallest absolute Gasteiger partial charge is 0.264 e. The lowest BCUT2D eigenvalue weighted by atomic mass is 10.2. The van der Waals surface area contributed by atoms with Gasteiger partial charge in [-0.3, -0.25) is 4.79 Å². The number of hydrogen-bond acceptors (Lipinski definition) is 6. The molecule has 6 nitrogen and oxygen atoms in total. The molecule has 0 saturated carbocycles. The molecule has 2 N–H and O–H groups in total. The molecule has 1 aliphatic rings. The zero-order chi connectivity index (χ0) is 18.7. The average molecular weight is 370 g/mol. The zero-order valence-electron chi connectivity index (χ0n) is 14.6. The van der Waals surface area contributed by atoms with Crippen molar-refractivity contribution in [1.29, 1.82) is 0 Å². The van der Waals surface area contributed by atoms with Gasteiger partial charge in [0.15, 0.2) is 16.7 Å². The van der Waals surface area contributed by atoms with Gasteiger partial charge in [-0.25, -0.2) is 4.99 Å². The third-order valence-corrected chi connectivity index (χ3v) is 4.70. The second kappa shape index (κ2) is 7.53. The first-order chi connectivity index (χ1) is 12.5. The molecule has 7 heteroatoms. The van der Waals surface area contributed by atoms with Crippen molar-refractivity contribution in [2.75, 3.05) is 14.2 Å². The second-order valence-electron chi connectivity index (χ2n) is 5.54. The van der Waals surface area contributed by atoms with Crippen molar-refractivity contribution >= 4 is 34.6 Å². The molecule has 1 amide bonds. The van der Waals surface area contributed by atoms with Crippen LogP contribution >= 0.6 is 11.8 Å². The van der Waals surface area contributed by atoms with Crippen molar-refractivity contribution in [3.8, 4) is 17.2 Å². The van der Waals surface area contributed by atoms with E-state index in [1.807, 2.05) is 19.1 Å². The van der Waals surface area contributed by atoms with Crippen LogP contribution in [0.25, 0.3) is 6.08 Å². The van der Waals surface area contributed by atoms with Crippen LogP contribution in [0.3, 0.4) is 0 Å². The summed E-state index contributed by atoms with van der Waals surface area (Å²) in [5.41, 5.74) is 2.08. The molecule has 1 saturated heterocycles. The van der Waals surface area contributed by atoms with Gasteiger partial charge in [-0.2, -0.15) is 0 Å². The van der Waals surface area contributed by atoms with Gasteiger partial charge in [0.2, 0.25) is 0 Å². The van der Waals surface area contributed by atoms with Crippen LogP contribution in [-0.4, -0.2) is 30.4 Å². The predicted octanol–water partition coefficient (Wildman–Crippen LogP) is 3.61. The highest BCUT2D eigenvalue weighted by Crippen LogP contribution is 2.34. The number of amides is 1. The molecule has 1 fully saturated rings. The van der Waals surface area contributed by atoms with Crippen LogP contribution in [0.5, 0.6) is 17.2 Å². The molecule has 0 aliphatic carbocycles. The standard InChI is InChI=1S/C19H18N2O4S/c1-11-5-4-6-13(22)17(11)20-19-21-18(23)16(26-19)10-12-7-8-14(24-2)15(9-12)25-3/h4-10,22H,1-3H3,(H,20,21,23)/b16-10-. The number of nitrogens with zero attached hydrogens (tertiary/aromatic N) is 1. The maximum Gasteiger partial charge on any atom is 0.264 e. The Labute approximate surface area is 155 Å². The lowest BCUT2D eigenvalue weighted by Gasteiger charge is -2.07. The molecule has 0 bridgehead atoms. The normalized spacial score (nSPS) is 16.8. The third-order valence-electron chi connectivity index (χ3n) is 3.79. The molecule has 0 radical (unpaired) electrons. The van der Waals surface area contributed by atoms with Gasteiger partial charge in [-0.05, 0) is 54.1 Å². The van der Waals surface area contributed by atoms with Gasteiger partial charge in [0.1, 0.15) is 11.4 Å². The highest BCUT2D eigenvalue weighted by Gasteiger charge is 2.24. The van der Waals surface area contributed by atoms with E-state index in [4.69, 9.17) is 9.47 Å². The van der Waals surface area contributed by atoms with Gasteiger partial charge in [-0.15, -0.1) is 0 Å². The van der Waals surface area contributed by atoms with Gasteiger partial charge >= 0.3 is 0 Å². The summed E-state index contributed by atoms with van der Waals surface area (Å²) in [4.78, 5) is 17.1. The van der Waals surface area contributed by atoms with Gasteiger partial charge in [0.25, 0.3) is 5.91 Å². The number of para-hydroxylation sites is 1. The van der Waals surface area contributed by atoms with E-state index >= 15 is 0 Å². The SMILES string of the molecule is COc1ccc(/C=C2\SC(=Nc3c(C)cccc3O)NC2=O)cc1OC. The minimum absolute atomic E-state index is 0.0738. The number of nitrogens with one attached hydrogen (secondary N) is 1. The molecule has 0 atom stereocenters. The van der Waals surface area contributed by atoms with Crippen molar-refractivity contribution in [1.82, 2.24) is 5.32 Å². The minimum Gasteiger partial charge on any atom is -0.506 e. The molecule has 2 aromatic carbocycles. The average Bonchev–Trinajstić information content (AvgIpc) is 2.97. The number of methoxy groups -OCH3 is 2. The van der Waals surface area contributed by atoms with E-state index in [1.54, 1.807) is 44.6 Å². The summed E-state index contributed by atoms with van der Waals surface area (Å²) in [6.07, 6.45) is 1.75. The Hall–Kier alpha value is -2.93. The maximum atomic E-state index is 12.2. The molecule has 0 spiro atoms. The number of hydrogen-bond donors (Lipinski definition) is 2. The first-order valence-corrected chi connectivity index (χ1v) is 8.63. The van der Waals surface area contributed by atoms with Crippen LogP contribution < -0.4 is 14.8 Å². The molecule has 1 heterocycles. The van der Waals surface area contributed by atoms with E-state index in [9.17, 15) is 9.90 Å². The number of phenolic OH excluding ortho intramolecular Hbond substituents is 1. The van der Waals surface area contributed by atoms with Crippen molar-refractivity contribution in [3.63, 3.8) is 0 Å². The lowest BCUT2D eigenvalue weighted by Crippen LogP contribution is -2.19. The number of benzene rings is 2. The van der Waals surface area contributed by atoms with E-state index in [0.29, 0.717) is 27.3 Å². The fourth-order valence-corrected chi connectivity index (χ4v) is 3.29. The minimum atomic E-state index is -0.239. The van der Waals surface area contributed by atoms with Crippen LogP contribution in [-0.2, 0) is 4.79 Å². The largest absolute Gasteiger partial charge is 0.506 e. The lowest BCUT2D eigenvalue weighted by molar-refractivity contribution is -0.115. The highest BCUT2D eigenvalue weighted by molar-refractivity contribution is 8.18. The van der Waals surface area contributed by atoms with Gasteiger partial charge in [-0.1, -0.05) is 18.2 Å². The summed E-state index contributed by atoms with van der Waals surface area (Å²) in [6.45, 7) is 1.85. The Kier molecular flexibility index (Phi) is 5.18. The van der Waals surface area contributed by atoms with Gasteiger partial charge < -0.3 is 19.9 Å². The third kappa shape index (κ3) is 3.67. The van der Waals surface area contributed by atoms with Crippen LogP contribution in [0, 0.1) is 6.92 Å². The molecule has 0 unspecified atom stereocenters. The van der Waals surface area contributed by atoms with Crippen LogP contribution in [0.4, 0.5) is 5.69 Å². The number of amidine groups is 1. The summed E-state index contributed by atoms with van der Waals surface area (Å²) >= 11 is 1.22. The fraction of sp³-hybridized carbons (Fsp3) is 0.158. The first kappa shape index (κ1) is 17.9. The highest BCUT2D eigenvalue weighted by atomic mass is 32.2. The molecule has 2 aromatic rings. The van der Waals surface area contributed by atoms with Crippen LogP contribution in [0.15, 0.2) is 46.3 Å². The number of aryl methyl sites for hydroxylation is 1. The van der Waals surface area contributed by atoms with Crippen LogP contribution in [0.1, 0.15) is 11.1 Å². The number of aliphatic imine (C=N–C) groups is 1. The number of carbonyl (C=O) groups excluding carboxylic acids is 1. The van der Waals surface area contributed by atoms with Crippen molar-refractivity contribution in [2.24, 2.45) is 4.99 Å². The van der Waals surface area contributed by atoms with E-state index in [-0.39, 0.29) is 11.7 Å². The van der Waals surface area contributed by atoms with E-state index in [2.05, 4.69) is 10.3 Å². The topological polar surface area (TPSA) is 80.2 Å². The Bertz CT molecular complexity index is 902. The molecule has 26 heavy (non-hydrogen) atoms. The number of carbonyl (C=O) groups is 1. The summed E-state index contributed by atoms with van der Waals surface area (Å²) in [5.74, 6) is 1.04. The quantitative estimate of drug-likeness (QED) is 0.804. The second-order valence-corrected chi connectivity index (χ2v) is 6.57. The van der Waals surface area contributed by atoms with Crippen molar-refractivity contribution in [3.05, 3.63) is 52.4 Å². The fourth-order valence-electron chi connectivity index (χ4n) is 2.46. The van der Waals surface area contributed by atoms with E-state index < -0.39 is 0 Å². The maximum absolute atomic E-state index is 12.2. The van der Waals surface area contributed by atoms with Crippen molar-refractivity contribution in [2.45, 2.75) is 6.92 Å². The number of phenols is 1. The first-order valence-electron chi connectivity index (χ1n) is 7.82. The summed E-state index contributed by atoms with van der Waals surface area (Å²) < 4.78 is 10.5. The number of ether oxygens (including phenoxy) is 2. The van der Waals surface area contributed by atoms with Crippen molar-refractivity contribution < 1.29 is 19.4 Å². The Morgan fingerprint density at radius 3 is 2.62 bits per heavy atom. The molecule has 3 rings (SSSR count). The number of aromatic hydroxyl groups is 1. The monoisotopic (exact) mass is 370 g/mol. The Balaban J connectivity index is 1.88. The van der Waals surface area contributed by atoms with Gasteiger partial charge in [0, 0.05) is 0 Å². The number of rotatable bonds is 4. The predicted molar refractivity (Wildman–Crippen MR) is 103 cm³/mol. The molecular formula is C19H18N2O4S. The number of thioether (sulfide) groups is 1. The molecular weight excluding hydrogens is 352 g/mol. The molecule has 1 aliphatic heterocycles. The van der Waals surface area contributed by atoms with E-state index in [0.717, 1.165) is 11.1 Å². The van der Waals surface area contributed by atoms with Crippen LogP contribution in [0.2, 0.25) is 0 Å². The Morgan fingerprint density at radius 2 is 1.92 bits per heavy atom. The summed E-state index contributed by atoms with van der Waals surface area (Å²) in [5, 5.41) is 13.1. The molecule has 134 valence electrons. The summed E-state index contributed by atoms with van der Waals surface area (Å²) in [6, 6.07) is 10.6. The zero-order valence-corrected chi connectivity index (χ0v) is 15.4. The molecule has 0 aromatic heterocycles.